The highest BCUT2D eigenvalue weighted by atomic mass is 32.2. The Balaban J connectivity index is 1.54. The Morgan fingerprint density at radius 3 is 2.50 bits per heavy atom. The minimum absolute atomic E-state index is 0.0482. The molecule has 0 saturated carbocycles. The number of carbonyl (C=O) groups excluding carboxylic acids is 1. The zero-order valence-corrected chi connectivity index (χ0v) is 15.8. The molecule has 0 fully saturated rings. The van der Waals surface area contributed by atoms with Crippen LogP contribution in [0.1, 0.15) is 21.7 Å². The van der Waals surface area contributed by atoms with Crippen molar-refractivity contribution in [2.75, 3.05) is 6.54 Å². The van der Waals surface area contributed by atoms with E-state index in [0.717, 1.165) is 5.56 Å². The summed E-state index contributed by atoms with van der Waals surface area (Å²) in [4.78, 5) is 12.3. The van der Waals surface area contributed by atoms with Crippen molar-refractivity contribution < 1.29 is 22.7 Å². The SMILES string of the molecule is O=C(NCCc1cccc(O)c1)c1ccc(S(=O)(=O)NCc2ccco2)cc1. The van der Waals surface area contributed by atoms with Crippen molar-refractivity contribution in [1.82, 2.24) is 10.0 Å². The molecule has 1 amide bonds. The number of amides is 1. The molecular weight excluding hydrogens is 380 g/mol. The summed E-state index contributed by atoms with van der Waals surface area (Å²) in [7, 11) is -3.70. The summed E-state index contributed by atoms with van der Waals surface area (Å²) in [6, 6.07) is 15.9. The van der Waals surface area contributed by atoms with Crippen LogP contribution in [0.25, 0.3) is 0 Å². The first-order valence-corrected chi connectivity index (χ1v) is 10.1. The van der Waals surface area contributed by atoms with E-state index in [-0.39, 0.29) is 23.1 Å². The average Bonchev–Trinajstić information content (AvgIpc) is 3.20. The molecule has 1 aromatic heterocycles. The van der Waals surface area contributed by atoms with Gasteiger partial charge in [-0.2, -0.15) is 0 Å². The Hall–Kier alpha value is -3.10. The number of phenols is 1. The fraction of sp³-hybridized carbons (Fsp3) is 0.150. The number of hydrogen-bond donors (Lipinski definition) is 3. The molecule has 0 atom stereocenters. The topological polar surface area (TPSA) is 109 Å². The molecule has 0 aliphatic carbocycles. The first-order valence-electron chi connectivity index (χ1n) is 8.62. The highest BCUT2D eigenvalue weighted by molar-refractivity contribution is 7.89. The summed E-state index contributed by atoms with van der Waals surface area (Å²) < 4.78 is 32.1. The molecule has 0 saturated heterocycles. The summed E-state index contributed by atoms with van der Waals surface area (Å²) in [5.41, 5.74) is 1.27. The fourth-order valence-corrected chi connectivity index (χ4v) is 3.58. The van der Waals surface area contributed by atoms with Gasteiger partial charge in [0.15, 0.2) is 0 Å². The summed E-state index contributed by atoms with van der Waals surface area (Å²) in [6.45, 7) is 0.444. The lowest BCUT2D eigenvalue weighted by atomic mass is 10.1. The summed E-state index contributed by atoms with van der Waals surface area (Å²) in [5, 5.41) is 12.2. The molecule has 2 aromatic carbocycles. The second kappa shape index (κ2) is 8.73. The van der Waals surface area contributed by atoms with Gasteiger partial charge in [-0.05, 0) is 60.5 Å². The van der Waals surface area contributed by atoms with Gasteiger partial charge >= 0.3 is 0 Å². The summed E-state index contributed by atoms with van der Waals surface area (Å²) in [6.07, 6.45) is 2.04. The van der Waals surface area contributed by atoms with Gasteiger partial charge in [-0.3, -0.25) is 4.79 Å². The second-order valence-electron chi connectivity index (χ2n) is 6.10. The van der Waals surface area contributed by atoms with E-state index >= 15 is 0 Å². The van der Waals surface area contributed by atoms with Gasteiger partial charge in [0.1, 0.15) is 11.5 Å². The third kappa shape index (κ3) is 5.21. The van der Waals surface area contributed by atoms with Crippen LogP contribution in [0, 0.1) is 0 Å². The highest BCUT2D eigenvalue weighted by Crippen LogP contribution is 2.13. The highest BCUT2D eigenvalue weighted by Gasteiger charge is 2.15. The predicted octanol–water partition coefficient (Wildman–Crippen LogP) is 2.44. The summed E-state index contributed by atoms with van der Waals surface area (Å²) >= 11 is 0. The zero-order valence-electron chi connectivity index (χ0n) is 15.0. The van der Waals surface area contributed by atoms with Gasteiger partial charge in [-0.25, -0.2) is 13.1 Å². The van der Waals surface area contributed by atoms with E-state index in [1.165, 1.54) is 30.5 Å². The van der Waals surface area contributed by atoms with Crippen LogP contribution >= 0.6 is 0 Å². The van der Waals surface area contributed by atoms with E-state index in [1.807, 2.05) is 6.07 Å². The van der Waals surface area contributed by atoms with Crippen LogP contribution in [-0.2, 0) is 23.0 Å². The van der Waals surface area contributed by atoms with Crippen molar-refractivity contribution >= 4 is 15.9 Å². The van der Waals surface area contributed by atoms with E-state index in [0.29, 0.717) is 24.3 Å². The van der Waals surface area contributed by atoms with E-state index in [9.17, 15) is 18.3 Å². The molecule has 3 N–H and O–H groups in total. The normalized spacial score (nSPS) is 11.3. The Morgan fingerprint density at radius 2 is 1.82 bits per heavy atom. The van der Waals surface area contributed by atoms with Crippen molar-refractivity contribution in [3.8, 4) is 5.75 Å². The fourth-order valence-electron chi connectivity index (χ4n) is 2.58. The largest absolute Gasteiger partial charge is 0.508 e. The van der Waals surface area contributed by atoms with Crippen LogP contribution < -0.4 is 10.0 Å². The van der Waals surface area contributed by atoms with E-state index in [4.69, 9.17) is 4.42 Å². The van der Waals surface area contributed by atoms with Crippen LogP contribution in [0.5, 0.6) is 5.75 Å². The minimum Gasteiger partial charge on any atom is -0.508 e. The van der Waals surface area contributed by atoms with Crippen LogP contribution in [-0.4, -0.2) is 26.0 Å². The molecule has 0 aliphatic rings. The first-order chi connectivity index (χ1) is 13.4. The molecule has 0 radical (unpaired) electrons. The second-order valence-corrected chi connectivity index (χ2v) is 7.87. The van der Waals surface area contributed by atoms with Crippen molar-refractivity contribution in [1.29, 1.82) is 0 Å². The van der Waals surface area contributed by atoms with Gasteiger partial charge in [0.2, 0.25) is 10.0 Å². The number of phenolic OH excluding ortho intramolecular Hbond substituents is 1. The molecule has 3 aromatic rings. The van der Waals surface area contributed by atoms with Crippen molar-refractivity contribution in [2.24, 2.45) is 0 Å². The number of nitrogens with one attached hydrogen (secondary N) is 2. The van der Waals surface area contributed by atoms with Crippen LogP contribution in [0.15, 0.2) is 76.2 Å². The van der Waals surface area contributed by atoms with Gasteiger partial charge in [0, 0.05) is 12.1 Å². The molecule has 7 nitrogen and oxygen atoms in total. The molecule has 146 valence electrons. The van der Waals surface area contributed by atoms with Gasteiger partial charge in [-0.1, -0.05) is 12.1 Å². The van der Waals surface area contributed by atoms with Crippen molar-refractivity contribution in [2.45, 2.75) is 17.9 Å². The van der Waals surface area contributed by atoms with Crippen molar-refractivity contribution in [3.63, 3.8) is 0 Å². The number of carbonyl (C=O) groups is 1. The third-order valence-electron chi connectivity index (χ3n) is 4.05. The average molecular weight is 400 g/mol. The van der Waals surface area contributed by atoms with E-state index in [1.54, 1.807) is 30.3 Å². The number of sulfonamides is 1. The maximum Gasteiger partial charge on any atom is 0.251 e. The first kappa shape index (κ1) is 19.7. The van der Waals surface area contributed by atoms with Gasteiger partial charge < -0.3 is 14.8 Å². The lowest BCUT2D eigenvalue weighted by Crippen LogP contribution is -2.26. The number of rotatable bonds is 8. The lowest BCUT2D eigenvalue weighted by molar-refractivity contribution is 0.0954. The maximum absolute atomic E-state index is 12.3. The molecule has 3 rings (SSSR count). The van der Waals surface area contributed by atoms with Crippen LogP contribution in [0.4, 0.5) is 0 Å². The number of hydrogen-bond acceptors (Lipinski definition) is 5. The van der Waals surface area contributed by atoms with E-state index in [2.05, 4.69) is 10.0 Å². The molecule has 0 unspecified atom stereocenters. The molecule has 8 heteroatoms. The molecular formula is C20H20N2O5S. The van der Waals surface area contributed by atoms with Crippen LogP contribution in [0.2, 0.25) is 0 Å². The predicted molar refractivity (Wildman–Crippen MR) is 103 cm³/mol. The zero-order chi connectivity index (χ0) is 20.0. The van der Waals surface area contributed by atoms with Gasteiger partial charge in [0.05, 0.1) is 17.7 Å². The van der Waals surface area contributed by atoms with Crippen LogP contribution in [0.3, 0.4) is 0 Å². The molecule has 1 heterocycles. The monoisotopic (exact) mass is 400 g/mol. The number of aromatic hydroxyl groups is 1. The van der Waals surface area contributed by atoms with Gasteiger partial charge in [0.25, 0.3) is 5.91 Å². The minimum atomic E-state index is -3.70. The quantitative estimate of drug-likeness (QED) is 0.538. The summed E-state index contributed by atoms with van der Waals surface area (Å²) in [5.74, 6) is 0.389. The number of benzene rings is 2. The Labute approximate surface area is 163 Å². The maximum atomic E-state index is 12.3. The smallest absolute Gasteiger partial charge is 0.251 e. The Kier molecular flexibility index (Phi) is 6.13. The molecule has 0 spiro atoms. The lowest BCUT2D eigenvalue weighted by Gasteiger charge is -2.08. The third-order valence-corrected chi connectivity index (χ3v) is 5.47. The standard InChI is InChI=1S/C20H20N2O5S/c23-17-4-1-3-15(13-17)10-11-21-20(24)16-6-8-19(9-7-16)28(25,26)22-14-18-5-2-12-27-18/h1-9,12-13,22-23H,10-11,14H2,(H,21,24). The number of furan rings is 1. The Morgan fingerprint density at radius 1 is 1.04 bits per heavy atom. The van der Waals surface area contributed by atoms with E-state index < -0.39 is 10.0 Å². The van der Waals surface area contributed by atoms with Gasteiger partial charge in [-0.15, -0.1) is 0 Å². The molecule has 28 heavy (non-hydrogen) atoms. The molecule has 0 aliphatic heterocycles. The Bertz CT molecular complexity index is 1030. The van der Waals surface area contributed by atoms with Crippen molar-refractivity contribution in [3.05, 3.63) is 83.8 Å². The molecule has 0 bridgehead atoms.